The van der Waals surface area contributed by atoms with Crippen molar-refractivity contribution in [1.29, 1.82) is 0 Å². The van der Waals surface area contributed by atoms with Gasteiger partial charge >= 0.3 is 0 Å². The number of aryl methyl sites for hydroxylation is 3. The largest absolute Gasteiger partial charge is 0.493 e. The van der Waals surface area contributed by atoms with Crippen LogP contribution in [-0.2, 0) is 51.7 Å². The van der Waals surface area contributed by atoms with E-state index in [-0.39, 0.29) is 0 Å². The molecule has 0 saturated heterocycles. The topological polar surface area (TPSA) is 152 Å². The molecule has 0 atom stereocenters. The zero-order valence-corrected chi connectivity index (χ0v) is 84.2. The third-order valence-electron chi connectivity index (χ3n) is 18.7. The predicted molar refractivity (Wildman–Crippen MR) is 569 cm³/mol. The van der Waals surface area contributed by atoms with Gasteiger partial charge in [-0.3, -0.25) is 0 Å². The minimum atomic E-state index is 0.360. The summed E-state index contributed by atoms with van der Waals surface area (Å²) in [5.41, 5.74) is 20.5. The van der Waals surface area contributed by atoms with Gasteiger partial charge in [0.25, 0.3) is 0 Å². The Morgan fingerprint density at radius 1 is 0.225 bits per heavy atom. The van der Waals surface area contributed by atoms with E-state index in [0.717, 1.165) is 125 Å². The lowest BCUT2D eigenvalue weighted by Crippen LogP contribution is -2.23. The molecular weight excluding hydrogens is 1610 g/mol. The maximum absolute atomic E-state index is 5.42. The van der Waals surface area contributed by atoms with Gasteiger partial charge in [-0.1, -0.05) is 353 Å². The molecule has 11 aliphatic rings. The van der Waals surface area contributed by atoms with Crippen LogP contribution in [0.25, 0.3) is 6.08 Å². The molecular formula is C114H168N8O6S. The predicted octanol–water partition coefficient (Wildman–Crippen LogP) is 30.4. The summed E-state index contributed by atoms with van der Waals surface area (Å²) >= 11 is 1.93. The number of anilines is 6. The molecule has 0 unspecified atom stereocenters. The van der Waals surface area contributed by atoms with Gasteiger partial charge in [0.05, 0.1) is 12.3 Å². The van der Waals surface area contributed by atoms with Gasteiger partial charge in [0, 0.05) is 98.0 Å². The molecule has 11 aromatic carbocycles. The standard InChI is InChI=1S/2C9H11N.C9H9N.C9H11N.C9H10O.C8H9NO.C8H9NS.2C8H9N.C8H8O2.C7H6O2.11C2H6/c3*1-2-6-9-8(4-1)5-3-7-10-9;1-2-4-9-7-10-6-5-8(9)3-1;1-2-6-9-8(4-1)5-3-7-10-9;2*1-2-4-8-7(3-1)9-5-6-10-8;1-2-4-8-6-9-5-7(8)3-1;1-2-4-8-7(3-1)5-6-9-8;1-2-4-8-7(3-1)9-5-6-10-8;1-2-4-7-6(3-1)8-5-9-7;11*1-2/h2*1-2,4,6,10H,3,5,7H2;1-6,10H,7H2;1-4,10H,5-7H2;1-2,4,6H,3,5,7H2;2*1-4,9H,5-6H2;2*1-4,9H,5-6H2;1-4H,5-6H2;1-4H,5H2;11*1-2H3. The lowest BCUT2D eigenvalue weighted by molar-refractivity contribution is 0.171. The number of fused-ring (bicyclic) bond motifs is 11. The van der Waals surface area contributed by atoms with Crippen molar-refractivity contribution in [3.63, 3.8) is 0 Å². The monoisotopic (exact) mass is 1780 g/mol. The molecule has 0 spiro atoms. The molecule has 11 aliphatic heterocycles. The lowest BCUT2D eigenvalue weighted by atomic mass is 10.0. The number of hydrogen-bond acceptors (Lipinski definition) is 15. The normalized spacial score (nSPS) is 13.1. The highest BCUT2D eigenvalue weighted by molar-refractivity contribution is 7.99. The van der Waals surface area contributed by atoms with E-state index in [1.807, 2.05) is 255 Å². The molecule has 0 bridgehead atoms. The first-order chi connectivity index (χ1) is 64.1. The van der Waals surface area contributed by atoms with Crippen LogP contribution in [0.3, 0.4) is 0 Å². The molecule has 129 heavy (non-hydrogen) atoms. The second kappa shape index (κ2) is 80.4. The van der Waals surface area contributed by atoms with Crippen LogP contribution < -0.4 is 71.0 Å². The fourth-order valence-corrected chi connectivity index (χ4v) is 14.1. The number of rotatable bonds is 0. The van der Waals surface area contributed by atoms with Crippen LogP contribution in [-0.4, -0.2) is 84.8 Å². The van der Waals surface area contributed by atoms with Crippen molar-refractivity contribution in [2.75, 3.05) is 117 Å². The van der Waals surface area contributed by atoms with E-state index in [2.05, 4.69) is 231 Å². The van der Waals surface area contributed by atoms with Crippen molar-refractivity contribution >= 4 is 52.0 Å². The number of benzene rings is 11. The molecule has 11 aromatic rings. The average molecular weight is 1780 g/mol. The quantitative estimate of drug-likeness (QED) is 0.0727. The summed E-state index contributed by atoms with van der Waals surface area (Å²) in [4.78, 5) is 1.38. The van der Waals surface area contributed by atoms with E-state index in [4.69, 9.17) is 28.4 Å². The summed E-state index contributed by atoms with van der Waals surface area (Å²) in [5.74, 6) is 6.64. The second-order valence-corrected chi connectivity index (χ2v) is 27.4. The van der Waals surface area contributed by atoms with Crippen LogP contribution in [0.4, 0.5) is 34.1 Å². The summed E-state index contributed by atoms with van der Waals surface area (Å²) in [5, 5.41) is 26.5. The molecule has 0 aromatic heterocycles. The van der Waals surface area contributed by atoms with E-state index in [1.54, 1.807) is 0 Å². The molecule has 0 fully saturated rings. The molecule has 0 amide bonds. The fraction of sp³-hybridized carbons (Fsp3) is 0.404. The van der Waals surface area contributed by atoms with Gasteiger partial charge in [-0.15, -0.1) is 11.8 Å². The molecule has 11 heterocycles. The van der Waals surface area contributed by atoms with E-state index in [1.165, 1.54) is 134 Å². The average Bonchev–Trinajstić information content (AvgIpc) is 1.43. The summed E-state index contributed by atoms with van der Waals surface area (Å²) < 4.78 is 31.5. The van der Waals surface area contributed by atoms with Crippen molar-refractivity contribution < 1.29 is 28.4 Å². The third kappa shape index (κ3) is 45.7. The van der Waals surface area contributed by atoms with E-state index < -0.39 is 0 Å². The lowest BCUT2D eigenvalue weighted by Gasteiger charge is -2.17. The van der Waals surface area contributed by atoms with Crippen molar-refractivity contribution in [3.8, 4) is 34.5 Å². The minimum absolute atomic E-state index is 0.360. The molecule has 15 heteroatoms. The van der Waals surface area contributed by atoms with Gasteiger partial charge in [0.2, 0.25) is 6.79 Å². The minimum Gasteiger partial charge on any atom is -0.493 e. The Morgan fingerprint density at radius 3 is 1.04 bits per heavy atom. The van der Waals surface area contributed by atoms with Gasteiger partial charge in [0.15, 0.2) is 23.0 Å². The smallest absolute Gasteiger partial charge is 0.231 e. The Bertz CT molecular complexity index is 3650. The first kappa shape index (κ1) is 116. The van der Waals surface area contributed by atoms with Gasteiger partial charge in [-0.2, -0.15) is 0 Å². The van der Waals surface area contributed by atoms with E-state index >= 15 is 0 Å². The van der Waals surface area contributed by atoms with Gasteiger partial charge in [-0.05, 0) is 187 Å². The van der Waals surface area contributed by atoms with E-state index in [0.29, 0.717) is 20.0 Å². The Hall–Kier alpha value is -11.0. The maximum Gasteiger partial charge on any atom is 0.231 e. The van der Waals surface area contributed by atoms with Crippen molar-refractivity contribution in [2.24, 2.45) is 0 Å². The van der Waals surface area contributed by atoms with Crippen molar-refractivity contribution in [2.45, 2.75) is 228 Å². The van der Waals surface area contributed by atoms with Gasteiger partial charge < -0.3 is 71.0 Å². The van der Waals surface area contributed by atoms with Crippen LogP contribution in [0, 0.1) is 0 Å². The number of thioether (sulfide) groups is 1. The zero-order chi connectivity index (χ0) is 94.8. The SMILES string of the molecule is C1=Cc2ccccc2NC1.CC.CC.CC.CC.CC.CC.CC.CC.CC.CC.CC.c1ccc2c(c1)CCCN2.c1ccc2c(c1)CCCN2.c1ccc2c(c1)CCCO2.c1ccc2c(c1)CCN2.c1ccc2c(c1)CCNC2.c1ccc2c(c1)CNC2.c1ccc2c(c1)NCCO2.c1ccc2c(c1)NCCS2.c1ccc2c(c1)OCCO2.c1ccc2c(c1)OCO2. The Labute approximate surface area is 788 Å². The molecule has 0 aliphatic carbocycles. The highest BCUT2D eigenvalue weighted by Crippen LogP contribution is 2.33. The molecule has 22 rings (SSSR count). The molecule has 0 saturated carbocycles. The first-order valence-electron chi connectivity index (χ1n) is 48.9. The Morgan fingerprint density at radius 2 is 0.566 bits per heavy atom. The fourth-order valence-electron chi connectivity index (χ4n) is 13.2. The highest BCUT2D eigenvalue weighted by atomic mass is 32.2. The summed E-state index contributed by atoms with van der Waals surface area (Å²) in [7, 11) is 0. The van der Waals surface area contributed by atoms with Gasteiger partial charge in [-0.25, -0.2) is 0 Å². The first-order valence-corrected chi connectivity index (χ1v) is 49.9. The van der Waals surface area contributed by atoms with Crippen LogP contribution >= 0.6 is 11.8 Å². The van der Waals surface area contributed by atoms with Crippen molar-refractivity contribution in [3.05, 3.63) is 323 Å². The van der Waals surface area contributed by atoms with Crippen LogP contribution in [0.2, 0.25) is 0 Å². The van der Waals surface area contributed by atoms with Gasteiger partial charge in [0.1, 0.15) is 31.3 Å². The summed E-state index contributed by atoms with van der Waals surface area (Å²) in [6.45, 7) is 58.0. The maximum atomic E-state index is 5.42. The van der Waals surface area contributed by atoms with E-state index in [9.17, 15) is 0 Å². The third-order valence-corrected chi connectivity index (χ3v) is 19.8. The molecule has 706 valence electrons. The second-order valence-electron chi connectivity index (χ2n) is 26.2. The van der Waals surface area contributed by atoms with Crippen LogP contribution in [0.15, 0.2) is 278 Å². The van der Waals surface area contributed by atoms with Crippen molar-refractivity contribution in [1.82, 2.24) is 10.6 Å². The molecule has 14 nitrogen and oxygen atoms in total. The zero-order valence-electron chi connectivity index (χ0n) is 83.4. The summed E-state index contributed by atoms with van der Waals surface area (Å²) in [6.07, 6.45) is 14.0. The Kier molecular flexibility index (Phi) is 72.3. The molecule has 0 radical (unpaired) electrons. The Balaban J connectivity index is 0.000000694. The molecule has 8 N–H and O–H groups in total. The number of ether oxygens (including phenoxy) is 6. The van der Waals surface area contributed by atoms with Crippen LogP contribution in [0.5, 0.6) is 34.5 Å². The number of nitrogens with one attached hydrogen (secondary N) is 8. The number of para-hydroxylation sites is 12. The number of hydrogen-bond donors (Lipinski definition) is 8. The van der Waals surface area contributed by atoms with Crippen LogP contribution in [0.1, 0.15) is 222 Å². The highest BCUT2D eigenvalue weighted by Gasteiger charge is 2.14. The summed E-state index contributed by atoms with van der Waals surface area (Å²) in [6, 6.07) is 91.0.